The van der Waals surface area contributed by atoms with Crippen LogP contribution in [0.2, 0.25) is 5.02 Å². The molecule has 1 fully saturated rings. The fraction of sp³-hybridized carbons (Fsp3) is 0.438. The molecule has 0 radical (unpaired) electrons. The Bertz CT molecular complexity index is 609. The Morgan fingerprint density at radius 1 is 1.27 bits per heavy atom. The molecule has 1 aliphatic rings. The second kappa shape index (κ2) is 7.40. The normalized spacial score (nSPS) is 14.6. The van der Waals surface area contributed by atoms with Gasteiger partial charge in [0, 0.05) is 29.3 Å². The van der Waals surface area contributed by atoms with Gasteiger partial charge in [0.1, 0.15) is 0 Å². The number of rotatable bonds is 6. The highest BCUT2D eigenvalue weighted by molar-refractivity contribution is 6.31. The number of carbonyl (C=O) groups is 2. The number of hydrazone groups is 1. The number of benzene rings is 1. The lowest BCUT2D eigenvalue weighted by atomic mass is 10.2. The van der Waals surface area contributed by atoms with Crippen molar-refractivity contribution in [2.24, 2.45) is 11.0 Å². The average molecular weight is 322 g/mol. The summed E-state index contributed by atoms with van der Waals surface area (Å²) >= 11 is 6.00. The summed E-state index contributed by atoms with van der Waals surface area (Å²) in [6.45, 7) is 3.74. The van der Waals surface area contributed by atoms with Gasteiger partial charge < -0.3 is 5.32 Å². The Morgan fingerprint density at radius 3 is 2.64 bits per heavy atom. The van der Waals surface area contributed by atoms with Crippen LogP contribution >= 0.6 is 11.6 Å². The van der Waals surface area contributed by atoms with E-state index in [0.717, 1.165) is 24.1 Å². The fourth-order valence-electron chi connectivity index (χ4n) is 1.98. The minimum Gasteiger partial charge on any atom is -0.326 e. The van der Waals surface area contributed by atoms with Crippen molar-refractivity contribution < 1.29 is 9.59 Å². The van der Waals surface area contributed by atoms with E-state index < -0.39 is 0 Å². The van der Waals surface area contributed by atoms with Crippen LogP contribution in [0.5, 0.6) is 0 Å². The second-order valence-corrected chi connectivity index (χ2v) is 5.93. The zero-order chi connectivity index (χ0) is 16.1. The second-order valence-electron chi connectivity index (χ2n) is 5.52. The molecule has 2 rings (SSSR count). The number of hydrogen-bond donors (Lipinski definition) is 2. The molecule has 118 valence electrons. The summed E-state index contributed by atoms with van der Waals surface area (Å²) in [7, 11) is 0. The van der Waals surface area contributed by atoms with Gasteiger partial charge in [0.05, 0.1) is 0 Å². The molecule has 2 N–H and O–H groups in total. The van der Waals surface area contributed by atoms with Crippen LogP contribution in [0.15, 0.2) is 23.3 Å². The molecule has 6 heteroatoms. The van der Waals surface area contributed by atoms with E-state index in [9.17, 15) is 9.59 Å². The molecular formula is C16H20ClN3O2. The quantitative estimate of drug-likeness (QED) is 0.623. The maximum Gasteiger partial charge on any atom is 0.240 e. The van der Waals surface area contributed by atoms with E-state index in [1.807, 2.05) is 13.8 Å². The van der Waals surface area contributed by atoms with Gasteiger partial charge in [0.25, 0.3) is 0 Å². The molecule has 1 aliphatic carbocycles. The summed E-state index contributed by atoms with van der Waals surface area (Å²) in [4.78, 5) is 23.5. The van der Waals surface area contributed by atoms with Crippen LogP contribution in [0.25, 0.3) is 0 Å². The number of nitrogens with zero attached hydrogens (tertiary/aromatic N) is 1. The van der Waals surface area contributed by atoms with E-state index in [1.165, 1.54) is 0 Å². The van der Waals surface area contributed by atoms with Gasteiger partial charge in [-0.3, -0.25) is 9.59 Å². The summed E-state index contributed by atoms with van der Waals surface area (Å²) in [5.74, 6) is 0.0516. The lowest BCUT2D eigenvalue weighted by molar-refractivity contribution is -0.124. The summed E-state index contributed by atoms with van der Waals surface area (Å²) in [6, 6.07) is 5.32. The average Bonchev–Trinajstić information content (AvgIpc) is 3.32. The van der Waals surface area contributed by atoms with Gasteiger partial charge in [-0.25, -0.2) is 5.43 Å². The molecule has 0 aromatic heterocycles. The summed E-state index contributed by atoms with van der Waals surface area (Å²) in [5, 5.41) is 7.40. The molecule has 22 heavy (non-hydrogen) atoms. The Labute approximate surface area is 135 Å². The monoisotopic (exact) mass is 321 g/mol. The van der Waals surface area contributed by atoms with Crippen molar-refractivity contribution in [2.45, 2.75) is 39.5 Å². The predicted octanol–water partition coefficient (Wildman–Crippen LogP) is 3.27. The van der Waals surface area contributed by atoms with E-state index in [2.05, 4.69) is 15.8 Å². The minimum atomic E-state index is -0.252. The van der Waals surface area contributed by atoms with Crippen LogP contribution < -0.4 is 10.7 Å². The molecule has 0 spiro atoms. The van der Waals surface area contributed by atoms with E-state index in [0.29, 0.717) is 16.6 Å². The number of nitrogens with one attached hydrogen (secondary N) is 2. The van der Waals surface area contributed by atoms with Crippen molar-refractivity contribution in [1.29, 1.82) is 0 Å². The SMILES string of the molecule is CC(=NNC(=O)CCC(=O)Nc1cccc(Cl)c1C)C1CC1. The van der Waals surface area contributed by atoms with Crippen LogP contribution in [0.4, 0.5) is 5.69 Å². The van der Waals surface area contributed by atoms with E-state index >= 15 is 0 Å². The first kappa shape index (κ1) is 16.5. The Hall–Kier alpha value is -1.88. The molecule has 1 aromatic rings. The minimum absolute atomic E-state index is 0.104. The van der Waals surface area contributed by atoms with Crippen LogP contribution in [0, 0.1) is 12.8 Å². The molecule has 0 unspecified atom stereocenters. The van der Waals surface area contributed by atoms with Crippen LogP contribution in [0.3, 0.4) is 0 Å². The highest BCUT2D eigenvalue weighted by atomic mass is 35.5. The molecule has 0 aliphatic heterocycles. The molecule has 0 saturated heterocycles. The molecule has 1 aromatic carbocycles. The van der Waals surface area contributed by atoms with E-state index in [4.69, 9.17) is 11.6 Å². The van der Waals surface area contributed by atoms with Crippen molar-refractivity contribution >= 4 is 34.8 Å². The number of hydrogen-bond acceptors (Lipinski definition) is 3. The maximum absolute atomic E-state index is 11.9. The third-order valence-corrected chi connectivity index (χ3v) is 4.06. The molecular weight excluding hydrogens is 302 g/mol. The fourth-order valence-corrected chi connectivity index (χ4v) is 2.16. The zero-order valence-electron chi connectivity index (χ0n) is 12.8. The highest BCUT2D eigenvalue weighted by Crippen LogP contribution is 2.30. The number of halogens is 1. The molecule has 0 bridgehead atoms. The summed E-state index contributed by atoms with van der Waals surface area (Å²) in [6.07, 6.45) is 2.50. The number of amides is 2. The number of carbonyl (C=O) groups excluding carboxylic acids is 2. The third kappa shape index (κ3) is 4.84. The topological polar surface area (TPSA) is 70.6 Å². The van der Waals surface area contributed by atoms with Gasteiger partial charge in [-0.15, -0.1) is 0 Å². The Morgan fingerprint density at radius 2 is 1.95 bits per heavy atom. The Balaban J connectivity index is 1.76. The van der Waals surface area contributed by atoms with Gasteiger partial charge in [-0.2, -0.15) is 5.10 Å². The van der Waals surface area contributed by atoms with Crippen LogP contribution in [-0.2, 0) is 9.59 Å². The highest BCUT2D eigenvalue weighted by Gasteiger charge is 2.24. The smallest absolute Gasteiger partial charge is 0.240 e. The molecule has 2 amide bonds. The van der Waals surface area contributed by atoms with Gasteiger partial charge in [-0.1, -0.05) is 17.7 Å². The Kier molecular flexibility index (Phi) is 5.55. The van der Waals surface area contributed by atoms with E-state index in [1.54, 1.807) is 18.2 Å². The summed E-state index contributed by atoms with van der Waals surface area (Å²) < 4.78 is 0. The molecule has 1 saturated carbocycles. The third-order valence-electron chi connectivity index (χ3n) is 3.65. The van der Waals surface area contributed by atoms with Gasteiger partial charge in [0.15, 0.2) is 0 Å². The first-order valence-electron chi connectivity index (χ1n) is 7.35. The standard InChI is InChI=1S/C16H20ClN3O2/c1-10-13(17)4-3-5-14(10)18-15(21)8-9-16(22)20-19-11(2)12-6-7-12/h3-5,12H,6-9H2,1-2H3,(H,18,21)(H,20,22). The van der Waals surface area contributed by atoms with Crippen molar-refractivity contribution in [3.05, 3.63) is 28.8 Å². The lowest BCUT2D eigenvalue weighted by Gasteiger charge is -2.09. The van der Waals surface area contributed by atoms with Gasteiger partial charge >= 0.3 is 0 Å². The van der Waals surface area contributed by atoms with Crippen LogP contribution in [0.1, 0.15) is 38.2 Å². The van der Waals surface area contributed by atoms with Crippen molar-refractivity contribution in [3.63, 3.8) is 0 Å². The van der Waals surface area contributed by atoms with Crippen molar-refractivity contribution in [2.75, 3.05) is 5.32 Å². The van der Waals surface area contributed by atoms with Crippen LogP contribution in [-0.4, -0.2) is 17.5 Å². The lowest BCUT2D eigenvalue weighted by Crippen LogP contribution is -2.22. The zero-order valence-corrected chi connectivity index (χ0v) is 13.5. The molecule has 0 heterocycles. The first-order valence-corrected chi connectivity index (χ1v) is 7.73. The first-order chi connectivity index (χ1) is 10.5. The van der Waals surface area contributed by atoms with Crippen molar-refractivity contribution in [1.82, 2.24) is 5.43 Å². The summed E-state index contributed by atoms with van der Waals surface area (Å²) in [5.41, 5.74) is 4.92. The maximum atomic E-state index is 11.9. The van der Waals surface area contributed by atoms with Gasteiger partial charge in [-0.05, 0) is 50.3 Å². The largest absolute Gasteiger partial charge is 0.326 e. The molecule has 5 nitrogen and oxygen atoms in total. The predicted molar refractivity (Wildman–Crippen MR) is 88.0 cm³/mol. The number of anilines is 1. The van der Waals surface area contributed by atoms with Crippen molar-refractivity contribution in [3.8, 4) is 0 Å². The molecule has 0 atom stereocenters. The van der Waals surface area contributed by atoms with E-state index in [-0.39, 0.29) is 24.7 Å². The van der Waals surface area contributed by atoms with Gasteiger partial charge in [0.2, 0.25) is 11.8 Å².